The maximum atomic E-state index is 11.9. The lowest BCUT2D eigenvalue weighted by molar-refractivity contribution is -0.121. The summed E-state index contributed by atoms with van der Waals surface area (Å²) in [6.45, 7) is 3.42. The van der Waals surface area contributed by atoms with Crippen molar-refractivity contribution in [3.8, 4) is 0 Å². The molecule has 19 heavy (non-hydrogen) atoms. The molecule has 0 bridgehead atoms. The van der Waals surface area contributed by atoms with Crippen molar-refractivity contribution in [3.05, 3.63) is 28.8 Å². The lowest BCUT2D eigenvalue weighted by Crippen LogP contribution is -2.14. The summed E-state index contributed by atoms with van der Waals surface area (Å²) in [4.78, 5) is 23.4. The third-order valence-electron chi connectivity index (χ3n) is 2.65. The van der Waals surface area contributed by atoms with Gasteiger partial charge in [0.2, 0.25) is 0 Å². The average molecular weight is 303 g/mol. The molecule has 0 atom stereocenters. The van der Waals surface area contributed by atoms with Gasteiger partial charge in [-0.3, -0.25) is 9.59 Å². The predicted octanol–water partition coefficient (Wildman–Crippen LogP) is 2.54. The largest absolute Gasteiger partial charge is 0.299 e. The summed E-state index contributed by atoms with van der Waals surface area (Å²) >= 11 is 5.90. The molecule has 0 fully saturated rings. The molecule has 4 nitrogen and oxygen atoms in total. The van der Waals surface area contributed by atoms with E-state index in [1.807, 2.05) is 0 Å². The van der Waals surface area contributed by atoms with Gasteiger partial charge in [-0.2, -0.15) is 0 Å². The number of hydrogen-bond acceptors (Lipinski definition) is 4. The smallest absolute Gasteiger partial charge is 0.175 e. The minimum absolute atomic E-state index is 0.0456. The molecule has 0 radical (unpaired) electrons. The van der Waals surface area contributed by atoms with Gasteiger partial charge < -0.3 is 0 Å². The Kier molecular flexibility index (Phi) is 4.87. The molecule has 0 aromatic heterocycles. The van der Waals surface area contributed by atoms with E-state index >= 15 is 0 Å². The van der Waals surface area contributed by atoms with Crippen molar-refractivity contribution in [1.82, 2.24) is 0 Å². The lowest BCUT2D eigenvalue weighted by Gasteiger charge is -2.06. The highest BCUT2D eigenvalue weighted by Crippen LogP contribution is 2.22. The van der Waals surface area contributed by atoms with E-state index in [2.05, 4.69) is 0 Å². The van der Waals surface area contributed by atoms with Crippen LogP contribution >= 0.6 is 11.6 Å². The number of halogens is 1. The molecule has 1 aromatic carbocycles. The molecule has 104 valence electrons. The third-order valence-corrected chi connectivity index (χ3v) is 4.07. The van der Waals surface area contributed by atoms with E-state index in [-0.39, 0.29) is 33.6 Å². The molecule has 1 aromatic rings. The zero-order valence-corrected chi connectivity index (χ0v) is 12.5. The molecule has 6 heteroatoms. The zero-order chi connectivity index (χ0) is 14.8. The first-order chi connectivity index (χ1) is 8.62. The van der Waals surface area contributed by atoms with E-state index < -0.39 is 15.6 Å². The molecule has 1 rings (SSSR count). The molecular formula is C13H15ClO4S. The number of rotatable bonds is 5. The SMILES string of the molecule is CC(C)C(=O)CC(=O)c1ccc(S(C)(=O)=O)cc1Cl. The van der Waals surface area contributed by atoms with E-state index in [1.165, 1.54) is 18.2 Å². The van der Waals surface area contributed by atoms with Gasteiger partial charge in [-0.1, -0.05) is 25.4 Å². The van der Waals surface area contributed by atoms with Crippen LogP contribution < -0.4 is 0 Å². The van der Waals surface area contributed by atoms with E-state index in [9.17, 15) is 18.0 Å². The first-order valence-corrected chi connectivity index (χ1v) is 7.95. The van der Waals surface area contributed by atoms with Crippen LogP contribution in [0.3, 0.4) is 0 Å². The number of hydrogen-bond donors (Lipinski definition) is 0. The van der Waals surface area contributed by atoms with Gasteiger partial charge in [0.15, 0.2) is 15.6 Å². The van der Waals surface area contributed by atoms with Gasteiger partial charge in [0.25, 0.3) is 0 Å². The molecule has 0 aliphatic carbocycles. The van der Waals surface area contributed by atoms with Crippen LogP contribution in [-0.2, 0) is 14.6 Å². The van der Waals surface area contributed by atoms with Crippen LogP contribution in [0.25, 0.3) is 0 Å². The molecule has 0 unspecified atom stereocenters. The highest BCUT2D eigenvalue weighted by Gasteiger charge is 2.18. The fourth-order valence-electron chi connectivity index (χ4n) is 1.41. The van der Waals surface area contributed by atoms with Gasteiger partial charge in [0.05, 0.1) is 16.3 Å². The van der Waals surface area contributed by atoms with Crippen LogP contribution in [-0.4, -0.2) is 26.2 Å². The van der Waals surface area contributed by atoms with Gasteiger partial charge in [0, 0.05) is 17.7 Å². The minimum atomic E-state index is -3.37. The highest BCUT2D eigenvalue weighted by atomic mass is 35.5. The molecule has 0 heterocycles. The second kappa shape index (κ2) is 5.84. The van der Waals surface area contributed by atoms with Crippen LogP contribution in [0.4, 0.5) is 0 Å². The highest BCUT2D eigenvalue weighted by molar-refractivity contribution is 7.90. The fourth-order valence-corrected chi connectivity index (χ4v) is 2.41. The van der Waals surface area contributed by atoms with E-state index in [0.29, 0.717) is 0 Å². The Morgan fingerprint density at radius 1 is 1.26 bits per heavy atom. The average Bonchev–Trinajstić information content (AvgIpc) is 2.27. The number of carbonyl (C=O) groups is 2. The van der Waals surface area contributed by atoms with Crippen molar-refractivity contribution in [1.29, 1.82) is 0 Å². The lowest BCUT2D eigenvalue weighted by atomic mass is 10.00. The molecule has 0 amide bonds. The molecule has 0 saturated heterocycles. The quantitative estimate of drug-likeness (QED) is 0.619. The molecule has 0 aliphatic rings. The standard InChI is InChI=1S/C13H15ClO4S/c1-8(2)12(15)7-13(16)10-5-4-9(6-11(10)14)19(3,17)18/h4-6,8H,7H2,1-3H3. The van der Waals surface area contributed by atoms with Crippen molar-refractivity contribution in [2.24, 2.45) is 5.92 Å². The van der Waals surface area contributed by atoms with Gasteiger partial charge in [-0.15, -0.1) is 0 Å². The van der Waals surface area contributed by atoms with Crippen molar-refractivity contribution >= 4 is 33.0 Å². The normalized spacial score (nSPS) is 11.6. The van der Waals surface area contributed by atoms with E-state index in [0.717, 1.165) is 6.26 Å². The Bertz CT molecular complexity index is 618. The summed E-state index contributed by atoms with van der Waals surface area (Å²) in [6.07, 6.45) is 0.831. The third kappa shape index (κ3) is 4.14. The van der Waals surface area contributed by atoms with Crippen molar-refractivity contribution in [2.45, 2.75) is 25.2 Å². The van der Waals surface area contributed by atoms with Crippen molar-refractivity contribution in [3.63, 3.8) is 0 Å². The summed E-state index contributed by atoms with van der Waals surface area (Å²) in [6, 6.07) is 3.88. The van der Waals surface area contributed by atoms with Crippen LogP contribution in [0.1, 0.15) is 30.6 Å². The van der Waals surface area contributed by atoms with Crippen LogP contribution in [0, 0.1) is 5.92 Å². The summed E-state index contributed by atoms with van der Waals surface area (Å²) in [5.41, 5.74) is 0.170. The Hall–Kier alpha value is -1.20. The van der Waals surface area contributed by atoms with Gasteiger partial charge in [-0.05, 0) is 18.2 Å². The molecular weight excluding hydrogens is 288 g/mol. The number of carbonyl (C=O) groups excluding carboxylic acids is 2. The molecule has 0 N–H and O–H groups in total. The fraction of sp³-hybridized carbons (Fsp3) is 0.385. The number of sulfone groups is 1. The first kappa shape index (κ1) is 15.9. The van der Waals surface area contributed by atoms with E-state index in [1.54, 1.807) is 13.8 Å². The topological polar surface area (TPSA) is 68.3 Å². The van der Waals surface area contributed by atoms with Crippen molar-refractivity contribution in [2.75, 3.05) is 6.26 Å². The number of ketones is 2. The second-order valence-corrected chi connectivity index (χ2v) is 7.06. The number of benzene rings is 1. The molecule has 0 spiro atoms. The van der Waals surface area contributed by atoms with Crippen LogP contribution in [0.5, 0.6) is 0 Å². The maximum absolute atomic E-state index is 11.9. The summed E-state index contributed by atoms with van der Waals surface area (Å²) in [5, 5.41) is 0.0458. The summed E-state index contributed by atoms with van der Waals surface area (Å²) in [5.74, 6) is -0.796. The van der Waals surface area contributed by atoms with Crippen LogP contribution in [0.2, 0.25) is 5.02 Å². The number of Topliss-reactive ketones (excluding diaryl/α,β-unsaturated/α-hetero) is 2. The zero-order valence-electron chi connectivity index (χ0n) is 10.9. The summed E-state index contributed by atoms with van der Waals surface area (Å²) in [7, 11) is -3.37. The Morgan fingerprint density at radius 2 is 1.84 bits per heavy atom. The Morgan fingerprint density at radius 3 is 2.26 bits per heavy atom. The summed E-state index contributed by atoms with van der Waals surface area (Å²) < 4.78 is 22.7. The molecule has 0 saturated carbocycles. The monoisotopic (exact) mass is 302 g/mol. The van der Waals surface area contributed by atoms with E-state index in [4.69, 9.17) is 11.6 Å². The van der Waals surface area contributed by atoms with Gasteiger partial charge in [0.1, 0.15) is 5.78 Å². The second-order valence-electron chi connectivity index (χ2n) is 4.63. The van der Waals surface area contributed by atoms with Gasteiger partial charge >= 0.3 is 0 Å². The Balaban J connectivity index is 3.04. The Labute approximate surface area is 117 Å². The van der Waals surface area contributed by atoms with Crippen molar-refractivity contribution < 1.29 is 18.0 Å². The molecule has 0 aliphatic heterocycles. The minimum Gasteiger partial charge on any atom is -0.299 e. The van der Waals surface area contributed by atoms with Crippen LogP contribution in [0.15, 0.2) is 23.1 Å². The first-order valence-electron chi connectivity index (χ1n) is 5.68. The maximum Gasteiger partial charge on any atom is 0.175 e. The predicted molar refractivity (Wildman–Crippen MR) is 73.4 cm³/mol. The van der Waals surface area contributed by atoms with Gasteiger partial charge in [-0.25, -0.2) is 8.42 Å².